The van der Waals surface area contributed by atoms with E-state index in [0.717, 1.165) is 19.5 Å². The monoisotopic (exact) mass is 300 g/mol. The van der Waals surface area contributed by atoms with Crippen molar-refractivity contribution in [1.82, 2.24) is 10.3 Å². The van der Waals surface area contributed by atoms with E-state index in [1.165, 1.54) is 6.07 Å². The van der Waals surface area contributed by atoms with Crippen molar-refractivity contribution in [3.05, 3.63) is 26.9 Å². The smallest absolute Gasteiger partial charge is 0.312 e. The summed E-state index contributed by atoms with van der Waals surface area (Å²) in [6.07, 6.45) is 2.57. The first kappa shape index (κ1) is 12.3. The van der Waals surface area contributed by atoms with E-state index >= 15 is 0 Å². The summed E-state index contributed by atoms with van der Waals surface area (Å²) in [5, 5.41) is 14.2. The van der Waals surface area contributed by atoms with Crippen LogP contribution in [0.2, 0.25) is 0 Å². The maximum absolute atomic E-state index is 11.0. The molecule has 1 unspecified atom stereocenters. The van der Waals surface area contributed by atoms with Crippen LogP contribution in [-0.2, 0) is 0 Å². The average Bonchev–Trinajstić information content (AvgIpc) is 2.77. The van der Waals surface area contributed by atoms with Crippen LogP contribution < -0.4 is 10.2 Å². The predicted molar refractivity (Wildman–Crippen MR) is 68.3 cm³/mol. The lowest BCUT2D eigenvalue weighted by atomic mass is 10.3. The fourth-order valence-corrected chi connectivity index (χ4v) is 2.31. The summed E-state index contributed by atoms with van der Waals surface area (Å²) in [6.45, 7) is 1.55. The summed E-state index contributed by atoms with van der Waals surface area (Å²) >= 11 is 3.20. The Morgan fingerprint density at radius 1 is 1.71 bits per heavy atom. The molecular weight excluding hydrogens is 288 g/mol. The van der Waals surface area contributed by atoms with E-state index in [1.54, 1.807) is 6.20 Å². The minimum atomic E-state index is -0.389. The highest BCUT2D eigenvalue weighted by Crippen LogP contribution is 2.30. The van der Waals surface area contributed by atoms with Crippen LogP contribution in [0.1, 0.15) is 6.42 Å². The molecule has 0 radical (unpaired) electrons. The zero-order valence-corrected chi connectivity index (χ0v) is 11.0. The number of rotatable bonds is 3. The molecule has 17 heavy (non-hydrogen) atoms. The summed E-state index contributed by atoms with van der Waals surface area (Å²) in [5.74, 6) is 0.455. The Balaban J connectivity index is 2.29. The minimum absolute atomic E-state index is 0.0520. The highest BCUT2D eigenvalue weighted by molar-refractivity contribution is 9.10. The first-order valence-electron chi connectivity index (χ1n) is 5.34. The van der Waals surface area contributed by atoms with Gasteiger partial charge in [-0.25, -0.2) is 4.98 Å². The molecule has 7 heteroatoms. The third-order valence-corrected chi connectivity index (χ3v) is 3.34. The molecule has 0 aliphatic carbocycles. The average molecular weight is 301 g/mol. The molecule has 1 aliphatic heterocycles. The number of hydrogen-bond acceptors (Lipinski definition) is 5. The molecule has 1 N–H and O–H groups in total. The SMILES string of the molecule is CNC1CCN(c2ncc(Br)cc2[N+](=O)[O-])C1. The van der Waals surface area contributed by atoms with Crippen molar-refractivity contribution in [1.29, 1.82) is 0 Å². The number of likely N-dealkylation sites (N-methyl/N-ethyl adjacent to an activating group) is 1. The zero-order valence-electron chi connectivity index (χ0n) is 9.39. The number of anilines is 1. The largest absolute Gasteiger partial charge is 0.349 e. The lowest BCUT2D eigenvalue weighted by molar-refractivity contribution is -0.384. The Morgan fingerprint density at radius 3 is 3.06 bits per heavy atom. The summed E-state index contributed by atoms with van der Waals surface area (Å²) in [5.41, 5.74) is 0.0520. The van der Waals surface area contributed by atoms with E-state index in [4.69, 9.17) is 0 Å². The second-order valence-electron chi connectivity index (χ2n) is 3.97. The van der Waals surface area contributed by atoms with E-state index < -0.39 is 0 Å². The number of halogens is 1. The van der Waals surface area contributed by atoms with Crippen LogP contribution in [-0.4, -0.2) is 36.1 Å². The normalized spacial score (nSPS) is 19.6. The van der Waals surface area contributed by atoms with Gasteiger partial charge in [-0.15, -0.1) is 0 Å². The van der Waals surface area contributed by atoms with Crippen LogP contribution in [0.5, 0.6) is 0 Å². The second kappa shape index (κ2) is 4.97. The van der Waals surface area contributed by atoms with Crippen molar-refractivity contribution >= 4 is 27.4 Å². The maximum atomic E-state index is 11.0. The summed E-state index contributed by atoms with van der Waals surface area (Å²) < 4.78 is 0.623. The van der Waals surface area contributed by atoms with Crippen molar-refractivity contribution < 1.29 is 4.92 Å². The number of aromatic nitrogens is 1. The first-order chi connectivity index (χ1) is 8.11. The van der Waals surface area contributed by atoms with Gasteiger partial charge in [-0.1, -0.05) is 0 Å². The number of nitro groups is 1. The van der Waals surface area contributed by atoms with E-state index in [2.05, 4.69) is 26.2 Å². The van der Waals surface area contributed by atoms with Crippen molar-refractivity contribution in [3.63, 3.8) is 0 Å². The van der Waals surface area contributed by atoms with E-state index in [9.17, 15) is 10.1 Å². The topological polar surface area (TPSA) is 71.3 Å². The Bertz CT molecular complexity index is 440. The Morgan fingerprint density at radius 2 is 2.47 bits per heavy atom. The Hall–Kier alpha value is -1.21. The van der Waals surface area contributed by atoms with Crippen molar-refractivity contribution in [2.45, 2.75) is 12.5 Å². The molecule has 1 aromatic rings. The minimum Gasteiger partial charge on any atom is -0.349 e. The molecule has 1 aromatic heterocycles. The quantitative estimate of drug-likeness (QED) is 0.677. The molecular formula is C10H13BrN4O2. The van der Waals surface area contributed by atoms with E-state index in [-0.39, 0.29) is 10.6 Å². The summed E-state index contributed by atoms with van der Waals surface area (Å²) in [7, 11) is 1.90. The van der Waals surface area contributed by atoms with Gasteiger partial charge < -0.3 is 10.2 Å². The molecule has 0 aromatic carbocycles. The van der Waals surface area contributed by atoms with Gasteiger partial charge in [-0.2, -0.15) is 0 Å². The van der Waals surface area contributed by atoms with Gasteiger partial charge in [0.25, 0.3) is 0 Å². The lowest BCUT2D eigenvalue weighted by Crippen LogP contribution is -2.30. The van der Waals surface area contributed by atoms with Crippen molar-refractivity contribution in [3.8, 4) is 0 Å². The lowest BCUT2D eigenvalue weighted by Gasteiger charge is -2.17. The zero-order chi connectivity index (χ0) is 12.4. The van der Waals surface area contributed by atoms with Gasteiger partial charge in [0.2, 0.25) is 5.82 Å². The summed E-state index contributed by atoms with van der Waals surface area (Å²) in [4.78, 5) is 16.7. The molecule has 0 bridgehead atoms. The van der Waals surface area contributed by atoms with Gasteiger partial charge in [0.05, 0.1) is 4.92 Å². The number of hydrogen-bond donors (Lipinski definition) is 1. The van der Waals surface area contributed by atoms with Crippen LogP contribution in [0.3, 0.4) is 0 Å². The number of nitrogens with one attached hydrogen (secondary N) is 1. The molecule has 0 saturated carbocycles. The first-order valence-corrected chi connectivity index (χ1v) is 6.13. The Labute approximate surface area is 107 Å². The van der Waals surface area contributed by atoms with Crippen LogP contribution in [0, 0.1) is 10.1 Å². The maximum Gasteiger partial charge on any atom is 0.312 e. The molecule has 92 valence electrons. The molecule has 1 aliphatic rings. The highest BCUT2D eigenvalue weighted by Gasteiger charge is 2.28. The van der Waals surface area contributed by atoms with Crippen molar-refractivity contribution in [2.75, 3.05) is 25.0 Å². The van der Waals surface area contributed by atoms with Gasteiger partial charge in [0, 0.05) is 35.9 Å². The third kappa shape index (κ3) is 2.55. The molecule has 0 amide bonds. The highest BCUT2D eigenvalue weighted by atomic mass is 79.9. The molecule has 1 fully saturated rings. The molecule has 2 rings (SSSR count). The third-order valence-electron chi connectivity index (χ3n) is 2.91. The van der Waals surface area contributed by atoms with Gasteiger partial charge in [0.1, 0.15) is 0 Å². The van der Waals surface area contributed by atoms with Crippen LogP contribution in [0.4, 0.5) is 11.5 Å². The molecule has 6 nitrogen and oxygen atoms in total. The predicted octanol–water partition coefficient (Wildman–Crippen LogP) is 1.55. The Kier molecular flexibility index (Phi) is 3.58. The molecule has 2 heterocycles. The van der Waals surface area contributed by atoms with Gasteiger partial charge in [0.15, 0.2) is 0 Å². The fraction of sp³-hybridized carbons (Fsp3) is 0.500. The molecule has 0 spiro atoms. The van der Waals surface area contributed by atoms with Gasteiger partial charge in [-0.3, -0.25) is 10.1 Å². The van der Waals surface area contributed by atoms with Crippen LogP contribution >= 0.6 is 15.9 Å². The second-order valence-corrected chi connectivity index (χ2v) is 4.89. The van der Waals surface area contributed by atoms with Crippen molar-refractivity contribution in [2.24, 2.45) is 0 Å². The van der Waals surface area contributed by atoms with E-state index in [0.29, 0.717) is 16.3 Å². The van der Waals surface area contributed by atoms with Crippen LogP contribution in [0.15, 0.2) is 16.7 Å². The van der Waals surface area contributed by atoms with Crippen LogP contribution in [0.25, 0.3) is 0 Å². The fourth-order valence-electron chi connectivity index (χ4n) is 1.99. The summed E-state index contributed by atoms with van der Waals surface area (Å²) in [6, 6.07) is 1.87. The molecule has 1 atom stereocenters. The molecule has 1 saturated heterocycles. The standard InChI is InChI=1S/C10H13BrN4O2/c1-12-8-2-3-14(6-8)10-9(15(16)17)4-7(11)5-13-10/h4-5,8,12H,2-3,6H2,1H3. The number of nitrogens with zero attached hydrogens (tertiary/aromatic N) is 3. The van der Waals surface area contributed by atoms with E-state index in [1.807, 2.05) is 11.9 Å². The van der Waals surface area contributed by atoms with Gasteiger partial charge >= 0.3 is 5.69 Å². The van der Waals surface area contributed by atoms with Gasteiger partial charge in [-0.05, 0) is 29.4 Å². The number of pyridine rings is 1.